The van der Waals surface area contributed by atoms with Crippen molar-refractivity contribution in [1.29, 1.82) is 0 Å². The molecule has 0 saturated heterocycles. The van der Waals surface area contributed by atoms with Crippen molar-refractivity contribution < 1.29 is 8.83 Å². The van der Waals surface area contributed by atoms with Crippen LogP contribution in [0.25, 0.3) is 76.5 Å². The number of rotatable bonds is 4. The van der Waals surface area contributed by atoms with Crippen LogP contribution in [0.15, 0.2) is 183 Å². The number of nitrogens with one attached hydrogen (secondary N) is 1. The van der Waals surface area contributed by atoms with Crippen molar-refractivity contribution in [3.05, 3.63) is 180 Å². The molecule has 1 atom stereocenters. The molecule has 0 radical (unpaired) electrons. The van der Waals surface area contributed by atoms with Crippen molar-refractivity contribution in [3.63, 3.8) is 0 Å². The summed E-state index contributed by atoms with van der Waals surface area (Å²) >= 11 is 0. The van der Waals surface area contributed by atoms with Crippen molar-refractivity contribution in [1.82, 2.24) is 5.32 Å². The minimum atomic E-state index is -0.449. The highest BCUT2D eigenvalue weighted by Gasteiger charge is 2.26. The molecule has 1 aliphatic rings. The fourth-order valence-corrected chi connectivity index (χ4v) is 7.93. The zero-order valence-electron chi connectivity index (χ0n) is 27.9. The average molecular weight is 668 g/mol. The highest BCUT2D eigenvalue weighted by molar-refractivity contribution is 6.20. The fraction of sp³-hybridized carbons (Fsp3) is 0.0213. The van der Waals surface area contributed by atoms with Gasteiger partial charge in [-0.15, -0.1) is 0 Å². The molecule has 0 spiro atoms. The normalized spacial score (nSPS) is 14.7. The molecule has 0 bridgehead atoms. The van der Waals surface area contributed by atoms with Gasteiger partial charge in [0.25, 0.3) is 0 Å². The highest BCUT2D eigenvalue weighted by Crippen LogP contribution is 2.40. The Labute approximate surface area is 298 Å². The molecule has 0 fully saturated rings. The van der Waals surface area contributed by atoms with E-state index < -0.39 is 6.17 Å². The van der Waals surface area contributed by atoms with E-state index in [9.17, 15) is 0 Å². The molecule has 0 aliphatic carbocycles. The van der Waals surface area contributed by atoms with Gasteiger partial charge in [0, 0.05) is 32.7 Å². The van der Waals surface area contributed by atoms with Gasteiger partial charge in [-0.2, -0.15) is 0 Å². The second-order valence-electron chi connectivity index (χ2n) is 13.3. The maximum Gasteiger partial charge on any atom is 0.163 e. The summed E-state index contributed by atoms with van der Waals surface area (Å²) in [4.78, 5) is 10.7. The van der Waals surface area contributed by atoms with Gasteiger partial charge in [0.1, 0.15) is 34.3 Å². The van der Waals surface area contributed by atoms with Crippen LogP contribution in [0, 0.1) is 0 Å². The third kappa shape index (κ3) is 4.42. The van der Waals surface area contributed by atoms with Crippen LogP contribution in [0.2, 0.25) is 0 Å². The lowest BCUT2D eigenvalue weighted by Gasteiger charge is -2.26. The van der Waals surface area contributed by atoms with E-state index in [1.807, 2.05) is 36.4 Å². The molecular formula is C47H29N3O2. The molecule has 8 aromatic carbocycles. The maximum absolute atomic E-state index is 6.52. The Morgan fingerprint density at radius 3 is 2.00 bits per heavy atom. The summed E-state index contributed by atoms with van der Waals surface area (Å²) in [5, 5.41) is 12.8. The van der Waals surface area contributed by atoms with E-state index in [2.05, 4.69) is 133 Å². The van der Waals surface area contributed by atoms with Crippen molar-refractivity contribution in [2.75, 3.05) is 0 Å². The van der Waals surface area contributed by atoms with Gasteiger partial charge < -0.3 is 14.2 Å². The van der Waals surface area contributed by atoms with Gasteiger partial charge in [0.05, 0.1) is 5.56 Å². The Morgan fingerprint density at radius 1 is 0.462 bits per heavy atom. The number of amidine groups is 2. The molecule has 5 heteroatoms. The van der Waals surface area contributed by atoms with E-state index in [0.717, 1.165) is 77.5 Å². The molecule has 0 amide bonds. The Morgan fingerprint density at radius 2 is 1.10 bits per heavy atom. The number of hydrogen-bond donors (Lipinski definition) is 1. The third-order valence-corrected chi connectivity index (χ3v) is 10.4. The zero-order chi connectivity index (χ0) is 34.2. The second kappa shape index (κ2) is 11.3. The number of benzene rings is 8. The summed E-state index contributed by atoms with van der Waals surface area (Å²) in [7, 11) is 0. The molecule has 5 nitrogen and oxygen atoms in total. The van der Waals surface area contributed by atoms with Crippen LogP contribution in [-0.4, -0.2) is 11.7 Å². The van der Waals surface area contributed by atoms with Gasteiger partial charge in [-0.3, -0.25) is 0 Å². The number of fused-ring (bicyclic) bond motifs is 9. The first-order valence-corrected chi connectivity index (χ1v) is 17.5. The van der Waals surface area contributed by atoms with E-state index in [1.54, 1.807) is 0 Å². The van der Waals surface area contributed by atoms with Crippen LogP contribution >= 0.6 is 0 Å². The quantitative estimate of drug-likeness (QED) is 0.190. The van der Waals surface area contributed by atoms with Crippen LogP contribution in [-0.2, 0) is 0 Å². The Bertz CT molecular complexity index is 3130. The first-order chi connectivity index (χ1) is 25.8. The predicted octanol–water partition coefficient (Wildman–Crippen LogP) is 12.0. The molecular weight excluding hydrogens is 639 g/mol. The molecule has 52 heavy (non-hydrogen) atoms. The molecule has 1 aliphatic heterocycles. The summed E-state index contributed by atoms with van der Waals surface area (Å²) in [6.07, 6.45) is -0.449. The summed E-state index contributed by atoms with van der Waals surface area (Å²) in [6.45, 7) is 0. The molecule has 11 rings (SSSR count). The third-order valence-electron chi connectivity index (χ3n) is 10.4. The van der Waals surface area contributed by atoms with E-state index in [-0.39, 0.29) is 0 Å². The molecule has 1 unspecified atom stereocenters. The van der Waals surface area contributed by atoms with Gasteiger partial charge in [-0.05, 0) is 63.0 Å². The van der Waals surface area contributed by atoms with Crippen molar-refractivity contribution in [2.45, 2.75) is 6.17 Å². The fourth-order valence-electron chi connectivity index (χ4n) is 7.93. The molecule has 10 aromatic rings. The SMILES string of the molecule is c1ccc(C2N=C(c3cccc4c3oc3ccccc34)N=C(c3ccc4ccc5ccccc5c4c3)N2)c(-c2cccc3oc4ccccc4c23)c1. The molecule has 244 valence electrons. The number of hydrogen-bond acceptors (Lipinski definition) is 5. The number of para-hydroxylation sites is 3. The van der Waals surface area contributed by atoms with Crippen molar-refractivity contribution >= 4 is 77.1 Å². The van der Waals surface area contributed by atoms with Gasteiger partial charge >= 0.3 is 0 Å². The summed E-state index contributed by atoms with van der Waals surface area (Å²) < 4.78 is 12.8. The van der Waals surface area contributed by atoms with Crippen LogP contribution in [0.1, 0.15) is 22.9 Å². The van der Waals surface area contributed by atoms with Gasteiger partial charge in [0.2, 0.25) is 0 Å². The van der Waals surface area contributed by atoms with Crippen molar-refractivity contribution in [3.8, 4) is 11.1 Å². The van der Waals surface area contributed by atoms with Crippen LogP contribution in [0.3, 0.4) is 0 Å². The molecule has 3 heterocycles. The second-order valence-corrected chi connectivity index (χ2v) is 13.3. The monoisotopic (exact) mass is 667 g/mol. The predicted molar refractivity (Wildman–Crippen MR) is 213 cm³/mol. The van der Waals surface area contributed by atoms with Crippen LogP contribution in [0.5, 0.6) is 0 Å². The average Bonchev–Trinajstić information content (AvgIpc) is 3.79. The van der Waals surface area contributed by atoms with Crippen LogP contribution < -0.4 is 5.32 Å². The maximum atomic E-state index is 6.52. The first-order valence-electron chi connectivity index (χ1n) is 17.5. The number of nitrogens with zero attached hydrogens (tertiary/aromatic N) is 2. The lowest BCUT2D eigenvalue weighted by molar-refractivity contribution is 0.663. The minimum Gasteiger partial charge on any atom is -0.456 e. The minimum absolute atomic E-state index is 0.449. The van der Waals surface area contributed by atoms with E-state index in [1.165, 1.54) is 21.5 Å². The number of aliphatic imine (C=N–C) groups is 2. The summed E-state index contributed by atoms with van der Waals surface area (Å²) in [6, 6.07) is 56.9. The lowest BCUT2D eigenvalue weighted by Crippen LogP contribution is -2.33. The highest BCUT2D eigenvalue weighted by atomic mass is 16.3. The first kappa shape index (κ1) is 28.8. The molecule has 1 N–H and O–H groups in total. The van der Waals surface area contributed by atoms with Gasteiger partial charge in [0.15, 0.2) is 5.84 Å². The largest absolute Gasteiger partial charge is 0.456 e. The molecule has 2 aromatic heterocycles. The smallest absolute Gasteiger partial charge is 0.163 e. The van der Waals surface area contributed by atoms with Gasteiger partial charge in [-0.25, -0.2) is 9.98 Å². The topological polar surface area (TPSA) is 63.0 Å². The number of furan rings is 2. The van der Waals surface area contributed by atoms with Gasteiger partial charge in [-0.1, -0.05) is 133 Å². The van der Waals surface area contributed by atoms with E-state index in [0.29, 0.717) is 5.84 Å². The lowest BCUT2D eigenvalue weighted by atomic mass is 9.93. The van der Waals surface area contributed by atoms with E-state index in [4.69, 9.17) is 18.8 Å². The Hall–Kier alpha value is -6.98. The summed E-state index contributed by atoms with van der Waals surface area (Å²) in [5.74, 6) is 1.36. The van der Waals surface area contributed by atoms with Crippen LogP contribution in [0.4, 0.5) is 0 Å². The summed E-state index contributed by atoms with van der Waals surface area (Å²) in [5.41, 5.74) is 8.39. The Kier molecular flexibility index (Phi) is 6.25. The van der Waals surface area contributed by atoms with Crippen molar-refractivity contribution in [2.24, 2.45) is 9.98 Å². The zero-order valence-corrected chi connectivity index (χ0v) is 27.9. The molecule has 0 saturated carbocycles. The standard InChI is InChI=1S/C47H29N3O2/c1-2-12-31-28(11-1)23-24-29-25-26-30(27-39(29)31)45-48-46(50-47(49-45)38-19-9-18-35-33-14-5-7-20-40(33)52-44(35)38)36-15-4-3-13-32(36)34-17-10-22-42-43(34)37-16-6-8-21-41(37)51-42/h1-27,46H,(H,48,49,50). The van der Waals surface area contributed by atoms with E-state index >= 15 is 0 Å². The Balaban J connectivity index is 1.14.